The van der Waals surface area contributed by atoms with Crippen LogP contribution in [0.5, 0.6) is 0 Å². The predicted octanol–water partition coefficient (Wildman–Crippen LogP) is 3.35. The molecule has 21 heavy (non-hydrogen) atoms. The van der Waals surface area contributed by atoms with Crippen molar-refractivity contribution in [3.8, 4) is 0 Å². The first kappa shape index (κ1) is 15.2. The first-order valence-corrected chi connectivity index (χ1v) is 7.43. The Morgan fingerprint density at radius 2 is 2.14 bits per heavy atom. The van der Waals surface area contributed by atoms with Gasteiger partial charge in [0.2, 0.25) is 0 Å². The molecule has 0 saturated heterocycles. The van der Waals surface area contributed by atoms with Crippen LogP contribution in [0.25, 0.3) is 0 Å². The molecule has 2 heterocycles. The molecule has 0 saturated carbocycles. The predicted molar refractivity (Wildman–Crippen MR) is 82.2 cm³/mol. The van der Waals surface area contributed by atoms with E-state index in [0.29, 0.717) is 10.6 Å². The lowest BCUT2D eigenvalue weighted by atomic mass is 10.1. The van der Waals surface area contributed by atoms with Gasteiger partial charge in [-0.15, -0.1) is 11.3 Å². The summed E-state index contributed by atoms with van der Waals surface area (Å²) >= 11 is 1.46. The Labute approximate surface area is 126 Å². The van der Waals surface area contributed by atoms with Gasteiger partial charge in [0, 0.05) is 4.88 Å². The topological polar surface area (TPSA) is 79.3 Å². The highest BCUT2D eigenvalue weighted by molar-refractivity contribution is 7.14. The summed E-state index contributed by atoms with van der Waals surface area (Å²) in [5, 5.41) is 11.5. The van der Waals surface area contributed by atoms with Gasteiger partial charge in [-0.3, -0.25) is 4.79 Å². The molecule has 0 radical (unpaired) electrons. The summed E-state index contributed by atoms with van der Waals surface area (Å²) in [6, 6.07) is 4.81. The zero-order valence-electron chi connectivity index (χ0n) is 11.8. The van der Waals surface area contributed by atoms with Crippen LogP contribution < -0.4 is 5.32 Å². The second-order valence-corrected chi connectivity index (χ2v) is 5.89. The average molecular weight is 304 g/mol. The van der Waals surface area contributed by atoms with Crippen molar-refractivity contribution < 1.29 is 14.7 Å². The molecule has 110 valence electrons. The van der Waals surface area contributed by atoms with E-state index in [-0.39, 0.29) is 11.6 Å². The number of aromatic carboxylic acids is 1. The minimum Gasteiger partial charge on any atom is -0.477 e. The maximum Gasteiger partial charge on any atom is 0.354 e. The number of pyridine rings is 1. The van der Waals surface area contributed by atoms with Gasteiger partial charge >= 0.3 is 5.97 Å². The highest BCUT2D eigenvalue weighted by Gasteiger charge is 2.13. The van der Waals surface area contributed by atoms with Crippen molar-refractivity contribution in [1.29, 1.82) is 0 Å². The lowest BCUT2D eigenvalue weighted by molar-refractivity contribution is 0.0690. The molecular formula is C15H16N2O3S. The van der Waals surface area contributed by atoms with E-state index in [4.69, 9.17) is 5.11 Å². The molecule has 0 atom stereocenters. The van der Waals surface area contributed by atoms with Crippen LogP contribution in [0.15, 0.2) is 24.4 Å². The van der Waals surface area contributed by atoms with E-state index in [1.807, 2.05) is 13.0 Å². The van der Waals surface area contributed by atoms with E-state index in [0.717, 1.165) is 17.7 Å². The first-order valence-electron chi connectivity index (χ1n) is 6.61. The molecule has 0 bridgehead atoms. The van der Waals surface area contributed by atoms with E-state index >= 15 is 0 Å². The Hall–Kier alpha value is -2.21. The third kappa shape index (κ3) is 3.66. The number of aryl methyl sites for hydroxylation is 2. The molecular weight excluding hydrogens is 288 g/mol. The van der Waals surface area contributed by atoms with E-state index in [1.54, 1.807) is 0 Å². The number of aromatic nitrogens is 1. The second kappa shape index (κ2) is 6.49. The third-order valence-electron chi connectivity index (χ3n) is 3.00. The molecule has 0 fully saturated rings. The number of carbonyl (C=O) groups excluding carboxylic acids is 1. The fourth-order valence-electron chi connectivity index (χ4n) is 1.94. The number of thiophene rings is 1. The summed E-state index contributed by atoms with van der Waals surface area (Å²) in [5.41, 5.74) is 1.63. The Kier molecular flexibility index (Phi) is 4.70. The molecule has 2 N–H and O–H groups in total. The van der Waals surface area contributed by atoms with Gasteiger partial charge in [-0.25, -0.2) is 9.78 Å². The molecule has 0 unspecified atom stereocenters. The summed E-state index contributed by atoms with van der Waals surface area (Å²) in [6.07, 6.45) is 3.35. The third-order valence-corrected chi connectivity index (χ3v) is 4.10. The number of hydrogen-bond donors (Lipinski definition) is 2. The number of nitrogens with zero attached hydrogens (tertiary/aromatic N) is 1. The number of carboxylic acid groups (broad SMARTS) is 1. The number of rotatable bonds is 5. The van der Waals surface area contributed by atoms with Crippen molar-refractivity contribution in [2.24, 2.45) is 0 Å². The van der Waals surface area contributed by atoms with Crippen LogP contribution in [0.4, 0.5) is 5.69 Å². The van der Waals surface area contributed by atoms with E-state index < -0.39 is 5.97 Å². The Bertz CT molecular complexity index is 662. The van der Waals surface area contributed by atoms with Crippen LogP contribution in [0.3, 0.4) is 0 Å². The molecule has 5 nitrogen and oxygen atoms in total. The van der Waals surface area contributed by atoms with Crippen LogP contribution in [0, 0.1) is 6.92 Å². The van der Waals surface area contributed by atoms with Crippen LogP contribution in [0.2, 0.25) is 0 Å². The zero-order valence-corrected chi connectivity index (χ0v) is 12.7. The summed E-state index contributed by atoms with van der Waals surface area (Å²) in [5.74, 6) is -1.29. The lowest BCUT2D eigenvalue weighted by Crippen LogP contribution is -2.11. The van der Waals surface area contributed by atoms with Gasteiger partial charge in [0.25, 0.3) is 5.91 Å². The van der Waals surface area contributed by atoms with Crippen molar-refractivity contribution in [1.82, 2.24) is 4.98 Å². The van der Waals surface area contributed by atoms with Crippen molar-refractivity contribution in [3.63, 3.8) is 0 Å². The fraction of sp³-hybridized carbons (Fsp3) is 0.267. The van der Waals surface area contributed by atoms with Crippen LogP contribution in [0.1, 0.15) is 43.9 Å². The second-order valence-electron chi connectivity index (χ2n) is 4.63. The van der Waals surface area contributed by atoms with Crippen molar-refractivity contribution >= 4 is 28.9 Å². The number of amides is 1. The number of anilines is 1. The van der Waals surface area contributed by atoms with Gasteiger partial charge in [-0.1, -0.05) is 13.3 Å². The maximum atomic E-state index is 12.2. The largest absolute Gasteiger partial charge is 0.477 e. The number of nitrogens with one attached hydrogen (secondary N) is 1. The summed E-state index contributed by atoms with van der Waals surface area (Å²) in [7, 11) is 0. The number of carbonyl (C=O) groups is 2. The van der Waals surface area contributed by atoms with Crippen molar-refractivity contribution in [3.05, 3.63) is 45.4 Å². The smallest absolute Gasteiger partial charge is 0.354 e. The monoisotopic (exact) mass is 304 g/mol. The van der Waals surface area contributed by atoms with E-state index in [1.165, 1.54) is 35.2 Å². The van der Waals surface area contributed by atoms with Gasteiger partial charge in [0.15, 0.2) is 0 Å². The molecule has 1 amide bonds. The molecule has 0 aromatic carbocycles. The average Bonchev–Trinajstić information content (AvgIpc) is 2.81. The summed E-state index contributed by atoms with van der Waals surface area (Å²) in [6.45, 7) is 4.11. The molecule has 0 aliphatic heterocycles. The number of hydrogen-bond acceptors (Lipinski definition) is 4. The first-order chi connectivity index (χ1) is 10.0. The summed E-state index contributed by atoms with van der Waals surface area (Å²) < 4.78 is 0. The minimum atomic E-state index is -1.09. The molecule has 0 spiro atoms. The maximum absolute atomic E-state index is 12.2. The fourth-order valence-corrected chi connectivity index (χ4v) is 2.90. The number of carboxylic acids is 1. The van der Waals surface area contributed by atoms with E-state index in [2.05, 4.69) is 17.2 Å². The van der Waals surface area contributed by atoms with Crippen LogP contribution >= 0.6 is 11.3 Å². The molecule has 2 rings (SSSR count). The highest BCUT2D eigenvalue weighted by atomic mass is 32.1. The van der Waals surface area contributed by atoms with Crippen LogP contribution in [-0.4, -0.2) is 22.0 Å². The van der Waals surface area contributed by atoms with Gasteiger partial charge in [0.1, 0.15) is 5.69 Å². The van der Waals surface area contributed by atoms with Crippen LogP contribution in [-0.2, 0) is 6.42 Å². The van der Waals surface area contributed by atoms with Gasteiger partial charge in [-0.2, -0.15) is 0 Å². The Morgan fingerprint density at radius 1 is 1.38 bits per heavy atom. The highest BCUT2D eigenvalue weighted by Crippen LogP contribution is 2.23. The summed E-state index contributed by atoms with van der Waals surface area (Å²) in [4.78, 5) is 28.4. The molecule has 6 heteroatoms. The quantitative estimate of drug-likeness (QED) is 0.887. The molecule has 0 aliphatic carbocycles. The van der Waals surface area contributed by atoms with Gasteiger partial charge in [0.05, 0.1) is 16.8 Å². The SMILES string of the molecule is CCCc1cc(C(=O)Nc2ccc(C(=O)O)nc2)sc1C. The van der Waals surface area contributed by atoms with Gasteiger partial charge < -0.3 is 10.4 Å². The van der Waals surface area contributed by atoms with Gasteiger partial charge in [-0.05, 0) is 37.1 Å². The zero-order chi connectivity index (χ0) is 15.4. The molecule has 2 aromatic rings. The Morgan fingerprint density at radius 3 is 2.71 bits per heavy atom. The molecule has 2 aromatic heterocycles. The normalized spacial score (nSPS) is 10.4. The van der Waals surface area contributed by atoms with Crippen molar-refractivity contribution in [2.75, 3.05) is 5.32 Å². The van der Waals surface area contributed by atoms with E-state index in [9.17, 15) is 9.59 Å². The lowest BCUT2D eigenvalue weighted by Gasteiger charge is -2.03. The standard InChI is InChI=1S/C15H16N2O3S/c1-3-4-10-7-13(21-9(10)2)14(18)17-11-5-6-12(15(19)20)16-8-11/h5-8H,3-4H2,1-2H3,(H,17,18)(H,19,20). The molecule has 0 aliphatic rings. The minimum absolute atomic E-state index is 0.0507. The Balaban J connectivity index is 2.10. The van der Waals surface area contributed by atoms with Crippen molar-refractivity contribution in [2.45, 2.75) is 26.7 Å².